The Morgan fingerprint density at radius 2 is 2.00 bits per heavy atom. The molecule has 1 aromatic carbocycles. The molecule has 0 saturated heterocycles. The number of hydrogen-bond donors (Lipinski definition) is 1. The molecule has 0 bridgehead atoms. The van der Waals surface area contributed by atoms with Crippen LogP contribution in [0.4, 0.5) is 0 Å². The summed E-state index contributed by atoms with van der Waals surface area (Å²) in [5, 5.41) is 3.21. The number of thiazole rings is 1. The minimum Gasteiger partial charge on any atom is -0.308 e. The van der Waals surface area contributed by atoms with Gasteiger partial charge in [-0.2, -0.15) is 0 Å². The van der Waals surface area contributed by atoms with Crippen LogP contribution in [-0.2, 0) is 16.4 Å². The summed E-state index contributed by atoms with van der Waals surface area (Å²) in [6.07, 6.45) is 1.79. The Labute approximate surface area is 123 Å². The molecular formula is C14H18N2O2S2. The largest absolute Gasteiger partial charge is 0.308 e. The van der Waals surface area contributed by atoms with Crippen LogP contribution in [0.1, 0.15) is 17.4 Å². The zero-order valence-electron chi connectivity index (χ0n) is 11.5. The number of hydrogen-bond acceptors (Lipinski definition) is 5. The van der Waals surface area contributed by atoms with Crippen LogP contribution in [0.3, 0.4) is 0 Å². The van der Waals surface area contributed by atoms with Crippen molar-refractivity contribution in [2.45, 2.75) is 31.3 Å². The highest BCUT2D eigenvalue weighted by molar-refractivity contribution is 7.91. The van der Waals surface area contributed by atoms with Crippen LogP contribution in [-0.4, -0.2) is 25.2 Å². The fraction of sp³-hybridized carbons (Fsp3) is 0.357. The number of sulfone groups is 1. The fourth-order valence-corrected chi connectivity index (χ4v) is 3.90. The molecule has 6 heteroatoms. The van der Waals surface area contributed by atoms with Crippen LogP contribution in [0.2, 0.25) is 0 Å². The molecule has 1 aromatic heterocycles. The van der Waals surface area contributed by atoms with Crippen LogP contribution in [0.15, 0.2) is 40.9 Å². The molecule has 1 atom stereocenters. The van der Waals surface area contributed by atoms with Crippen molar-refractivity contribution in [3.63, 3.8) is 0 Å². The molecule has 108 valence electrons. The van der Waals surface area contributed by atoms with Crippen molar-refractivity contribution in [2.24, 2.45) is 0 Å². The summed E-state index contributed by atoms with van der Waals surface area (Å²) in [4.78, 5) is 5.48. The topological polar surface area (TPSA) is 59.1 Å². The summed E-state index contributed by atoms with van der Waals surface area (Å²) in [5.41, 5.74) is 2.82. The van der Waals surface area contributed by atoms with Gasteiger partial charge in [0.1, 0.15) is 0 Å². The first-order valence-electron chi connectivity index (χ1n) is 6.37. The van der Waals surface area contributed by atoms with Gasteiger partial charge in [0.25, 0.3) is 0 Å². The number of aromatic nitrogens is 1. The lowest BCUT2D eigenvalue weighted by Gasteiger charge is -2.13. The monoisotopic (exact) mass is 310 g/mol. The first-order chi connectivity index (χ1) is 9.47. The van der Waals surface area contributed by atoms with Gasteiger partial charge in [0.05, 0.1) is 16.2 Å². The van der Waals surface area contributed by atoms with Gasteiger partial charge in [-0.05, 0) is 26.0 Å². The van der Waals surface area contributed by atoms with E-state index in [2.05, 4.69) is 10.3 Å². The predicted octanol–water partition coefficient (Wildman–Crippen LogP) is 2.40. The summed E-state index contributed by atoms with van der Waals surface area (Å²) in [6.45, 7) is 4.47. The van der Waals surface area contributed by atoms with Crippen LogP contribution in [0, 0.1) is 6.92 Å². The molecule has 0 spiro atoms. The van der Waals surface area contributed by atoms with Gasteiger partial charge in [0.15, 0.2) is 9.84 Å². The highest BCUT2D eigenvalue weighted by atomic mass is 32.2. The molecule has 0 amide bonds. The molecule has 4 nitrogen and oxygen atoms in total. The summed E-state index contributed by atoms with van der Waals surface area (Å²) in [6, 6.07) is 6.87. The number of nitrogens with one attached hydrogen (secondary N) is 1. The smallest absolute Gasteiger partial charge is 0.179 e. The summed E-state index contributed by atoms with van der Waals surface area (Å²) < 4.78 is 24.5. The van der Waals surface area contributed by atoms with Gasteiger partial charge in [-0.3, -0.25) is 4.98 Å². The molecule has 2 rings (SSSR count). The second kappa shape index (κ2) is 6.47. The van der Waals surface area contributed by atoms with E-state index in [0.29, 0.717) is 11.4 Å². The zero-order chi connectivity index (χ0) is 14.6. The van der Waals surface area contributed by atoms with E-state index < -0.39 is 9.84 Å². The van der Waals surface area contributed by atoms with Crippen LogP contribution in [0.5, 0.6) is 0 Å². The molecule has 0 unspecified atom stereocenters. The molecule has 2 aromatic rings. The Morgan fingerprint density at radius 1 is 1.30 bits per heavy atom. The number of benzene rings is 1. The maximum absolute atomic E-state index is 12.3. The SMILES string of the molecule is Cc1ccc(S(=O)(=O)C[C@@H](C)NCc2cncs2)cc1. The molecule has 0 fully saturated rings. The lowest BCUT2D eigenvalue weighted by Crippen LogP contribution is -2.32. The van der Waals surface area contributed by atoms with Crippen molar-refractivity contribution in [1.29, 1.82) is 0 Å². The first kappa shape index (κ1) is 15.2. The van der Waals surface area contributed by atoms with Crippen LogP contribution in [0.25, 0.3) is 0 Å². The summed E-state index contributed by atoms with van der Waals surface area (Å²) >= 11 is 1.56. The third-order valence-electron chi connectivity index (χ3n) is 2.96. The quantitative estimate of drug-likeness (QED) is 0.890. The molecule has 0 aliphatic heterocycles. The van der Waals surface area contributed by atoms with Crippen molar-refractivity contribution in [3.8, 4) is 0 Å². The molecule has 1 N–H and O–H groups in total. The molecule has 0 aliphatic rings. The van der Waals surface area contributed by atoms with Gasteiger partial charge < -0.3 is 5.32 Å². The number of rotatable bonds is 6. The van der Waals surface area contributed by atoms with E-state index in [-0.39, 0.29) is 11.8 Å². The van der Waals surface area contributed by atoms with Gasteiger partial charge in [-0.25, -0.2) is 8.42 Å². The Bertz CT molecular complexity index is 634. The first-order valence-corrected chi connectivity index (χ1v) is 8.91. The van der Waals surface area contributed by atoms with Crippen molar-refractivity contribution < 1.29 is 8.42 Å². The molecular weight excluding hydrogens is 292 g/mol. The number of nitrogens with zero attached hydrogens (tertiary/aromatic N) is 1. The standard InChI is InChI=1S/C14H18N2O2S2/c1-11-3-5-14(6-4-11)20(17,18)9-12(2)16-8-13-7-15-10-19-13/h3-7,10,12,16H,8-9H2,1-2H3/t12-/m1/s1. The number of aryl methyl sites for hydroxylation is 1. The molecule has 0 radical (unpaired) electrons. The average molecular weight is 310 g/mol. The molecule has 20 heavy (non-hydrogen) atoms. The Kier molecular flexibility index (Phi) is 4.91. The molecule has 0 aliphatic carbocycles. The van der Waals surface area contributed by atoms with Gasteiger partial charge in [-0.15, -0.1) is 11.3 Å². The Morgan fingerprint density at radius 3 is 2.60 bits per heavy atom. The van der Waals surface area contributed by atoms with Gasteiger partial charge in [-0.1, -0.05) is 17.7 Å². The predicted molar refractivity (Wildman–Crippen MR) is 81.6 cm³/mol. The lowest BCUT2D eigenvalue weighted by atomic mass is 10.2. The average Bonchev–Trinajstić information content (AvgIpc) is 2.89. The van der Waals surface area contributed by atoms with E-state index in [1.54, 1.807) is 35.2 Å². The second-order valence-electron chi connectivity index (χ2n) is 4.84. The highest BCUT2D eigenvalue weighted by Gasteiger charge is 2.18. The van der Waals surface area contributed by atoms with Crippen LogP contribution >= 0.6 is 11.3 Å². The van der Waals surface area contributed by atoms with E-state index in [9.17, 15) is 8.42 Å². The summed E-state index contributed by atoms with van der Waals surface area (Å²) in [7, 11) is -3.24. The summed E-state index contributed by atoms with van der Waals surface area (Å²) in [5.74, 6) is 0.0921. The van der Waals surface area contributed by atoms with E-state index >= 15 is 0 Å². The van der Waals surface area contributed by atoms with E-state index in [0.717, 1.165) is 10.4 Å². The Hall–Kier alpha value is -1.24. The Balaban J connectivity index is 1.95. The zero-order valence-corrected chi connectivity index (χ0v) is 13.2. The molecule has 0 saturated carbocycles. The van der Waals surface area contributed by atoms with Gasteiger partial charge in [0, 0.05) is 23.7 Å². The lowest BCUT2D eigenvalue weighted by molar-refractivity contribution is 0.558. The van der Waals surface area contributed by atoms with Crippen molar-refractivity contribution >= 4 is 21.2 Å². The van der Waals surface area contributed by atoms with Crippen molar-refractivity contribution in [1.82, 2.24) is 10.3 Å². The van der Waals surface area contributed by atoms with Crippen molar-refractivity contribution in [3.05, 3.63) is 46.4 Å². The van der Waals surface area contributed by atoms with Gasteiger partial charge in [0.2, 0.25) is 0 Å². The maximum Gasteiger partial charge on any atom is 0.179 e. The normalized spacial score (nSPS) is 13.3. The minimum absolute atomic E-state index is 0.0921. The van der Waals surface area contributed by atoms with E-state index in [4.69, 9.17) is 0 Å². The van der Waals surface area contributed by atoms with E-state index in [1.165, 1.54) is 0 Å². The maximum atomic E-state index is 12.3. The third kappa shape index (κ3) is 4.13. The van der Waals surface area contributed by atoms with Crippen molar-refractivity contribution in [2.75, 3.05) is 5.75 Å². The van der Waals surface area contributed by atoms with E-state index in [1.807, 2.05) is 26.0 Å². The fourth-order valence-electron chi connectivity index (χ4n) is 1.83. The minimum atomic E-state index is -3.24. The van der Waals surface area contributed by atoms with Gasteiger partial charge >= 0.3 is 0 Å². The molecule has 1 heterocycles. The van der Waals surface area contributed by atoms with Crippen LogP contribution < -0.4 is 5.32 Å². The highest BCUT2D eigenvalue weighted by Crippen LogP contribution is 2.13. The third-order valence-corrected chi connectivity index (χ3v) is 5.67. The second-order valence-corrected chi connectivity index (χ2v) is 7.85.